The van der Waals surface area contributed by atoms with Crippen molar-refractivity contribution in [1.29, 1.82) is 0 Å². The Bertz CT molecular complexity index is 203. The fraction of sp³-hybridized carbons (Fsp3) is 1.00. The van der Waals surface area contributed by atoms with E-state index in [-0.39, 0.29) is 0 Å². The minimum Gasteiger partial charge on any atom is -0.330 e. The van der Waals surface area contributed by atoms with Gasteiger partial charge in [0.25, 0.3) is 0 Å². The molecule has 2 heteroatoms. The molecule has 1 saturated carbocycles. The summed E-state index contributed by atoms with van der Waals surface area (Å²) in [6.07, 6.45) is 9.63. The molecule has 0 aromatic rings. The van der Waals surface area contributed by atoms with E-state index in [1.807, 2.05) is 0 Å². The second-order valence-electron chi connectivity index (χ2n) is 6.34. The van der Waals surface area contributed by atoms with Crippen molar-refractivity contribution in [1.82, 2.24) is 4.90 Å². The molecular weight excluding hydrogens is 220 g/mol. The van der Waals surface area contributed by atoms with Gasteiger partial charge < -0.3 is 10.6 Å². The van der Waals surface area contributed by atoms with Crippen LogP contribution in [0.25, 0.3) is 0 Å². The van der Waals surface area contributed by atoms with Gasteiger partial charge in [0.15, 0.2) is 0 Å². The highest BCUT2D eigenvalue weighted by atomic mass is 15.1. The van der Waals surface area contributed by atoms with Crippen molar-refractivity contribution in [2.45, 2.75) is 71.8 Å². The summed E-state index contributed by atoms with van der Waals surface area (Å²) in [4.78, 5) is 2.69. The van der Waals surface area contributed by atoms with Crippen LogP contribution in [0.15, 0.2) is 0 Å². The van der Waals surface area contributed by atoms with Crippen LogP contribution >= 0.6 is 0 Å². The first-order valence-corrected chi connectivity index (χ1v) is 8.13. The Morgan fingerprint density at radius 2 is 1.78 bits per heavy atom. The number of unbranched alkanes of at least 4 members (excludes halogenated alkanes) is 2. The van der Waals surface area contributed by atoms with E-state index in [0.29, 0.717) is 6.04 Å². The average molecular weight is 254 g/mol. The van der Waals surface area contributed by atoms with Crippen molar-refractivity contribution in [2.24, 2.45) is 17.6 Å². The molecule has 0 aliphatic heterocycles. The Labute approximate surface area is 114 Å². The van der Waals surface area contributed by atoms with Crippen LogP contribution in [-0.2, 0) is 0 Å². The Kier molecular flexibility index (Phi) is 7.92. The molecule has 0 amide bonds. The predicted molar refractivity (Wildman–Crippen MR) is 80.7 cm³/mol. The lowest BCUT2D eigenvalue weighted by Crippen LogP contribution is -2.40. The van der Waals surface area contributed by atoms with Gasteiger partial charge in [-0.15, -0.1) is 0 Å². The smallest absolute Gasteiger partial charge is 0.00387 e. The van der Waals surface area contributed by atoms with Crippen LogP contribution in [0.1, 0.15) is 65.7 Å². The molecule has 1 aliphatic rings. The summed E-state index contributed by atoms with van der Waals surface area (Å²) in [6.45, 7) is 10.4. The SMILES string of the molecule is CCCCCN(CC1CCCCC1CN)C(C)C. The van der Waals surface area contributed by atoms with E-state index in [1.54, 1.807) is 0 Å². The first kappa shape index (κ1) is 16.0. The molecule has 2 unspecified atom stereocenters. The van der Waals surface area contributed by atoms with Gasteiger partial charge in [0, 0.05) is 12.6 Å². The largest absolute Gasteiger partial charge is 0.330 e. The molecule has 1 fully saturated rings. The van der Waals surface area contributed by atoms with Crippen LogP contribution < -0.4 is 5.73 Å². The summed E-state index contributed by atoms with van der Waals surface area (Å²) in [5, 5.41) is 0. The molecule has 2 N–H and O–H groups in total. The molecule has 0 radical (unpaired) electrons. The third-order valence-electron chi connectivity index (χ3n) is 4.62. The van der Waals surface area contributed by atoms with Gasteiger partial charge in [-0.3, -0.25) is 0 Å². The maximum absolute atomic E-state index is 5.95. The van der Waals surface area contributed by atoms with Gasteiger partial charge in [-0.25, -0.2) is 0 Å². The molecule has 0 aromatic heterocycles. The molecule has 18 heavy (non-hydrogen) atoms. The van der Waals surface area contributed by atoms with Crippen LogP contribution in [0.2, 0.25) is 0 Å². The molecule has 1 aliphatic carbocycles. The highest BCUT2D eigenvalue weighted by Gasteiger charge is 2.26. The first-order chi connectivity index (χ1) is 8.69. The van der Waals surface area contributed by atoms with Crippen molar-refractivity contribution < 1.29 is 0 Å². The normalized spacial score (nSPS) is 25.0. The Hall–Kier alpha value is -0.0800. The molecule has 2 nitrogen and oxygen atoms in total. The molecule has 0 aromatic carbocycles. The second kappa shape index (κ2) is 8.92. The van der Waals surface area contributed by atoms with Crippen molar-refractivity contribution in [2.75, 3.05) is 19.6 Å². The van der Waals surface area contributed by atoms with Gasteiger partial charge in [0.1, 0.15) is 0 Å². The van der Waals surface area contributed by atoms with Gasteiger partial charge in [-0.05, 0) is 58.0 Å². The number of nitrogens with two attached hydrogens (primary N) is 1. The fourth-order valence-corrected chi connectivity index (χ4v) is 3.26. The zero-order chi connectivity index (χ0) is 13.4. The Morgan fingerprint density at radius 3 is 2.33 bits per heavy atom. The predicted octanol–water partition coefficient (Wildman–Crippen LogP) is 3.65. The quantitative estimate of drug-likeness (QED) is 0.670. The maximum atomic E-state index is 5.95. The minimum atomic E-state index is 0.683. The lowest BCUT2D eigenvalue weighted by atomic mass is 9.79. The van der Waals surface area contributed by atoms with E-state index in [9.17, 15) is 0 Å². The van der Waals surface area contributed by atoms with Crippen molar-refractivity contribution in [3.63, 3.8) is 0 Å². The van der Waals surface area contributed by atoms with E-state index >= 15 is 0 Å². The van der Waals surface area contributed by atoms with Crippen LogP contribution in [0.5, 0.6) is 0 Å². The van der Waals surface area contributed by atoms with Crippen LogP contribution in [0.3, 0.4) is 0 Å². The molecule has 0 heterocycles. The summed E-state index contributed by atoms with van der Waals surface area (Å²) >= 11 is 0. The zero-order valence-corrected chi connectivity index (χ0v) is 12.8. The van der Waals surface area contributed by atoms with Crippen LogP contribution in [0.4, 0.5) is 0 Å². The van der Waals surface area contributed by atoms with E-state index in [2.05, 4.69) is 25.7 Å². The van der Waals surface area contributed by atoms with E-state index in [1.165, 1.54) is 58.0 Å². The Balaban J connectivity index is 2.42. The number of rotatable bonds is 8. The van der Waals surface area contributed by atoms with Gasteiger partial charge >= 0.3 is 0 Å². The van der Waals surface area contributed by atoms with Crippen molar-refractivity contribution in [3.05, 3.63) is 0 Å². The van der Waals surface area contributed by atoms with Gasteiger partial charge in [0.2, 0.25) is 0 Å². The average Bonchev–Trinajstić information content (AvgIpc) is 2.38. The topological polar surface area (TPSA) is 29.3 Å². The molecule has 0 spiro atoms. The number of hydrogen-bond acceptors (Lipinski definition) is 2. The summed E-state index contributed by atoms with van der Waals surface area (Å²) < 4.78 is 0. The monoisotopic (exact) mass is 254 g/mol. The molecule has 1 rings (SSSR count). The fourth-order valence-electron chi connectivity index (χ4n) is 3.26. The summed E-state index contributed by atoms with van der Waals surface area (Å²) in [7, 11) is 0. The minimum absolute atomic E-state index is 0.683. The van der Waals surface area contributed by atoms with Gasteiger partial charge in [-0.2, -0.15) is 0 Å². The van der Waals surface area contributed by atoms with Crippen molar-refractivity contribution in [3.8, 4) is 0 Å². The highest BCUT2D eigenvalue weighted by molar-refractivity contribution is 4.79. The lowest BCUT2D eigenvalue weighted by Gasteiger charge is -2.37. The molecular formula is C16H34N2. The standard InChI is InChI=1S/C16H34N2/c1-4-5-8-11-18(14(2)3)13-16-10-7-6-9-15(16)12-17/h14-16H,4-13,17H2,1-3H3. The van der Waals surface area contributed by atoms with Crippen LogP contribution in [-0.4, -0.2) is 30.6 Å². The molecule has 0 saturated heterocycles. The Morgan fingerprint density at radius 1 is 1.11 bits per heavy atom. The zero-order valence-electron chi connectivity index (χ0n) is 12.8. The third-order valence-corrected chi connectivity index (χ3v) is 4.62. The number of nitrogens with zero attached hydrogens (tertiary/aromatic N) is 1. The van der Waals surface area contributed by atoms with Gasteiger partial charge in [0.05, 0.1) is 0 Å². The molecule has 108 valence electrons. The van der Waals surface area contributed by atoms with E-state index < -0.39 is 0 Å². The second-order valence-corrected chi connectivity index (χ2v) is 6.34. The maximum Gasteiger partial charge on any atom is 0.00387 e. The van der Waals surface area contributed by atoms with Gasteiger partial charge in [-0.1, -0.05) is 32.6 Å². The summed E-state index contributed by atoms with van der Waals surface area (Å²) in [5.74, 6) is 1.64. The first-order valence-electron chi connectivity index (χ1n) is 8.13. The number of hydrogen-bond donors (Lipinski definition) is 1. The highest BCUT2D eigenvalue weighted by Crippen LogP contribution is 2.30. The van der Waals surface area contributed by atoms with Crippen LogP contribution in [0, 0.1) is 11.8 Å². The molecule has 2 atom stereocenters. The van der Waals surface area contributed by atoms with E-state index in [0.717, 1.165) is 18.4 Å². The third kappa shape index (κ3) is 5.27. The lowest BCUT2D eigenvalue weighted by molar-refractivity contribution is 0.128. The summed E-state index contributed by atoms with van der Waals surface area (Å²) in [6, 6.07) is 0.683. The summed E-state index contributed by atoms with van der Waals surface area (Å²) in [5.41, 5.74) is 5.95. The van der Waals surface area contributed by atoms with Crippen molar-refractivity contribution >= 4 is 0 Å². The molecule has 0 bridgehead atoms. The van der Waals surface area contributed by atoms with E-state index in [4.69, 9.17) is 5.73 Å².